The van der Waals surface area contributed by atoms with Gasteiger partial charge in [-0.3, -0.25) is 4.79 Å². The van der Waals surface area contributed by atoms with Gasteiger partial charge in [0.25, 0.3) is 5.91 Å². The van der Waals surface area contributed by atoms with E-state index >= 15 is 0 Å². The van der Waals surface area contributed by atoms with Crippen LogP contribution in [-0.4, -0.2) is 16.9 Å². The summed E-state index contributed by atoms with van der Waals surface area (Å²) in [6.45, 7) is 0. The van der Waals surface area contributed by atoms with Crippen LogP contribution in [0.3, 0.4) is 0 Å². The highest BCUT2D eigenvalue weighted by Gasteiger charge is 2.16. The van der Waals surface area contributed by atoms with Crippen molar-refractivity contribution in [3.05, 3.63) is 47.5 Å². The van der Waals surface area contributed by atoms with Gasteiger partial charge in [0.15, 0.2) is 0 Å². The normalized spacial score (nSPS) is 12.1. The minimum absolute atomic E-state index is 0.330. The highest BCUT2D eigenvalue weighted by molar-refractivity contribution is 7.13. The van der Waals surface area contributed by atoms with Gasteiger partial charge in [0.05, 0.1) is 6.04 Å². The second-order valence-corrected chi connectivity index (χ2v) is 4.43. The molecule has 0 aliphatic rings. The molecule has 1 aromatic carbocycles. The van der Waals surface area contributed by atoms with E-state index in [0.717, 1.165) is 5.56 Å². The summed E-state index contributed by atoms with van der Waals surface area (Å²) in [6, 6.07) is 9.04. The Kier molecular flexibility index (Phi) is 3.85. The first-order valence-corrected chi connectivity index (χ1v) is 6.08. The van der Waals surface area contributed by atoms with Crippen molar-refractivity contribution in [2.75, 3.05) is 0 Å². The average Bonchev–Trinajstić information content (AvgIpc) is 2.83. The standard InChI is InChI=1S/C12H12N3OS/c13-10(8-9-4-2-1-3-5-9)11(16)15-12-14-6-7-17-12/h1-7,10H,8,13H2/t10-/m0/s1. The third kappa shape index (κ3) is 3.37. The molecule has 0 spiro atoms. The lowest BCUT2D eigenvalue weighted by molar-refractivity contribution is -0.121. The van der Waals surface area contributed by atoms with Gasteiger partial charge in [-0.15, -0.1) is 11.3 Å². The number of benzene rings is 1. The molecule has 4 nitrogen and oxygen atoms in total. The maximum Gasteiger partial charge on any atom is 0.265 e. The fourth-order valence-corrected chi connectivity index (χ4v) is 1.91. The third-order valence-corrected chi connectivity index (χ3v) is 2.91. The Labute approximate surface area is 103 Å². The number of nitrogens with zero attached hydrogens (tertiary/aromatic N) is 2. The molecular formula is C12H12N3OS. The van der Waals surface area contributed by atoms with Crippen molar-refractivity contribution in [1.29, 1.82) is 0 Å². The van der Waals surface area contributed by atoms with E-state index in [9.17, 15) is 4.79 Å². The smallest absolute Gasteiger partial charge is 0.265 e. The van der Waals surface area contributed by atoms with E-state index < -0.39 is 6.04 Å². The molecule has 1 heterocycles. The topological polar surface area (TPSA) is 70.1 Å². The Morgan fingerprint density at radius 3 is 2.82 bits per heavy atom. The summed E-state index contributed by atoms with van der Waals surface area (Å²) in [5.74, 6) is -0.330. The first-order chi connectivity index (χ1) is 8.25. The Bertz CT molecular complexity index is 470. The van der Waals surface area contributed by atoms with Crippen molar-refractivity contribution in [3.63, 3.8) is 0 Å². The molecule has 0 saturated carbocycles. The van der Waals surface area contributed by atoms with Gasteiger partial charge in [-0.2, -0.15) is 5.32 Å². The van der Waals surface area contributed by atoms with Crippen LogP contribution in [0.1, 0.15) is 5.56 Å². The van der Waals surface area contributed by atoms with E-state index in [2.05, 4.69) is 10.3 Å². The van der Waals surface area contributed by atoms with E-state index in [1.54, 1.807) is 11.6 Å². The molecule has 0 saturated heterocycles. The third-order valence-electron chi connectivity index (χ3n) is 2.24. The van der Waals surface area contributed by atoms with Crippen LogP contribution in [0, 0.1) is 0 Å². The second-order valence-electron chi connectivity index (χ2n) is 3.56. The lowest BCUT2D eigenvalue weighted by Crippen LogP contribution is -2.36. The molecule has 1 radical (unpaired) electrons. The Hall–Kier alpha value is -1.72. The van der Waals surface area contributed by atoms with Crippen LogP contribution in [0.25, 0.3) is 0 Å². The molecule has 2 N–H and O–H groups in total. The van der Waals surface area contributed by atoms with E-state index in [1.165, 1.54) is 11.3 Å². The van der Waals surface area contributed by atoms with Crippen LogP contribution in [0.2, 0.25) is 0 Å². The van der Waals surface area contributed by atoms with Crippen LogP contribution in [-0.2, 0) is 11.2 Å². The molecule has 1 atom stereocenters. The monoisotopic (exact) mass is 246 g/mol. The molecule has 17 heavy (non-hydrogen) atoms. The van der Waals surface area contributed by atoms with Gasteiger partial charge in [-0.1, -0.05) is 30.3 Å². The van der Waals surface area contributed by atoms with Crippen LogP contribution < -0.4 is 11.1 Å². The van der Waals surface area contributed by atoms with Crippen LogP contribution in [0.15, 0.2) is 41.9 Å². The number of thiazole rings is 1. The highest BCUT2D eigenvalue weighted by atomic mass is 32.1. The Morgan fingerprint density at radius 1 is 1.41 bits per heavy atom. The van der Waals surface area contributed by atoms with Crippen molar-refractivity contribution in [2.24, 2.45) is 5.73 Å². The van der Waals surface area contributed by atoms with Crippen LogP contribution in [0.4, 0.5) is 5.13 Å². The maximum absolute atomic E-state index is 11.7. The van der Waals surface area contributed by atoms with Crippen molar-refractivity contribution in [3.8, 4) is 0 Å². The summed E-state index contributed by atoms with van der Waals surface area (Å²) in [5.41, 5.74) is 6.83. The molecular weight excluding hydrogens is 234 g/mol. The molecule has 1 amide bonds. The number of carbonyl (C=O) groups is 1. The van der Waals surface area contributed by atoms with Gasteiger partial charge >= 0.3 is 0 Å². The van der Waals surface area contributed by atoms with Gasteiger partial charge in [0.1, 0.15) is 0 Å². The van der Waals surface area contributed by atoms with E-state index in [-0.39, 0.29) is 5.91 Å². The fraction of sp³-hybridized carbons (Fsp3) is 0.167. The average molecular weight is 246 g/mol. The van der Waals surface area contributed by atoms with Crippen LogP contribution >= 0.6 is 11.3 Å². The quantitative estimate of drug-likeness (QED) is 0.888. The summed E-state index contributed by atoms with van der Waals surface area (Å²) in [5, 5.41) is 6.09. The van der Waals surface area contributed by atoms with Gasteiger partial charge in [0, 0.05) is 11.6 Å². The number of amides is 1. The zero-order valence-corrected chi connectivity index (χ0v) is 9.93. The molecule has 1 aromatic heterocycles. The summed E-state index contributed by atoms with van der Waals surface area (Å²) >= 11 is 1.32. The summed E-state index contributed by atoms with van der Waals surface area (Å²) in [4.78, 5) is 15.6. The first-order valence-electron chi connectivity index (χ1n) is 5.20. The van der Waals surface area contributed by atoms with Crippen molar-refractivity contribution in [2.45, 2.75) is 12.5 Å². The summed E-state index contributed by atoms with van der Waals surface area (Å²) in [6.07, 6.45) is 2.11. The maximum atomic E-state index is 11.7. The molecule has 0 bridgehead atoms. The van der Waals surface area contributed by atoms with Crippen molar-refractivity contribution >= 4 is 22.4 Å². The molecule has 0 fully saturated rings. The minimum Gasteiger partial charge on any atom is -0.320 e. The highest BCUT2D eigenvalue weighted by Crippen LogP contribution is 2.11. The van der Waals surface area contributed by atoms with Crippen LogP contribution in [0.5, 0.6) is 0 Å². The lowest BCUT2D eigenvalue weighted by Gasteiger charge is -2.08. The van der Waals surface area contributed by atoms with E-state index in [0.29, 0.717) is 11.6 Å². The number of rotatable bonds is 4. The molecule has 5 heteroatoms. The van der Waals surface area contributed by atoms with Gasteiger partial charge in [0.2, 0.25) is 5.13 Å². The van der Waals surface area contributed by atoms with Gasteiger partial charge < -0.3 is 5.73 Å². The summed E-state index contributed by atoms with van der Waals surface area (Å²) < 4.78 is 0. The molecule has 0 aliphatic carbocycles. The first kappa shape index (κ1) is 11.8. The number of hydrogen-bond donors (Lipinski definition) is 1. The second kappa shape index (κ2) is 5.56. The summed E-state index contributed by atoms with van der Waals surface area (Å²) in [7, 11) is 0. The lowest BCUT2D eigenvalue weighted by atomic mass is 10.1. The molecule has 0 aliphatic heterocycles. The van der Waals surface area contributed by atoms with Crippen molar-refractivity contribution in [1.82, 2.24) is 10.3 Å². The number of carbonyl (C=O) groups excluding carboxylic acids is 1. The Balaban J connectivity index is 1.92. The predicted molar refractivity (Wildman–Crippen MR) is 67.0 cm³/mol. The van der Waals surface area contributed by atoms with Gasteiger partial charge in [-0.25, -0.2) is 4.98 Å². The van der Waals surface area contributed by atoms with Crippen molar-refractivity contribution < 1.29 is 4.79 Å². The number of nitrogens with two attached hydrogens (primary N) is 1. The number of aromatic nitrogens is 1. The van der Waals surface area contributed by atoms with E-state index in [1.807, 2.05) is 30.3 Å². The number of hydrogen-bond acceptors (Lipinski definition) is 4. The van der Waals surface area contributed by atoms with E-state index in [4.69, 9.17) is 5.73 Å². The Morgan fingerprint density at radius 2 is 2.18 bits per heavy atom. The molecule has 0 unspecified atom stereocenters. The largest absolute Gasteiger partial charge is 0.320 e. The SMILES string of the molecule is N[C@@H](Cc1ccccc1)C(=O)[N]c1nccs1. The zero-order chi connectivity index (χ0) is 12.1. The fourth-order valence-electron chi connectivity index (χ4n) is 1.40. The predicted octanol–water partition coefficient (Wildman–Crippen LogP) is 1.48. The molecule has 2 aromatic rings. The molecule has 87 valence electrons. The minimum atomic E-state index is -0.610. The zero-order valence-electron chi connectivity index (χ0n) is 9.11. The van der Waals surface area contributed by atoms with Gasteiger partial charge in [-0.05, 0) is 12.0 Å². The molecule has 2 rings (SSSR count).